The molecule has 1 N–H and O–H groups in total. The van der Waals surface area contributed by atoms with E-state index in [1.54, 1.807) is 0 Å². The number of thiazole rings is 1. The van der Waals surface area contributed by atoms with Crippen molar-refractivity contribution in [2.24, 2.45) is 0 Å². The van der Waals surface area contributed by atoms with Crippen LogP contribution in [-0.4, -0.2) is 38.0 Å². The lowest BCUT2D eigenvalue weighted by molar-refractivity contribution is 0.0606. The normalized spacial score (nSPS) is 10.9. The van der Waals surface area contributed by atoms with Gasteiger partial charge in [0.25, 0.3) is 0 Å². The van der Waals surface area contributed by atoms with Crippen molar-refractivity contribution in [2.75, 3.05) is 7.11 Å². The van der Waals surface area contributed by atoms with Crippen LogP contribution >= 0.6 is 34.7 Å². The average molecular weight is 328 g/mol. The first kappa shape index (κ1) is 13.3. The zero-order valence-corrected chi connectivity index (χ0v) is 12.3. The Morgan fingerprint density at radius 3 is 3.10 bits per heavy atom. The Morgan fingerprint density at radius 1 is 1.45 bits per heavy atom. The summed E-state index contributed by atoms with van der Waals surface area (Å²) in [6.07, 6.45) is 2.96. The third kappa shape index (κ3) is 2.35. The Labute approximate surface area is 125 Å². The smallest absolute Gasteiger partial charge is 0.351 e. The second kappa shape index (κ2) is 5.35. The van der Waals surface area contributed by atoms with Crippen LogP contribution in [0.4, 0.5) is 0 Å². The van der Waals surface area contributed by atoms with Crippen molar-refractivity contribution in [1.29, 1.82) is 0 Å². The molecule has 20 heavy (non-hydrogen) atoms. The van der Waals surface area contributed by atoms with E-state index in [-0.39, 0.29) is 10.0 Å². The van der Waals surface area contributed by atoms with E-state index in [9.17, 15) is 4.79 Å². The summed E-state index contributed by atoms with van der Waals surface area (Å²) in [5, 5.41) is 0.786. The van der Waals surface area contributed by atoms with Gasteiger partial charge in [0, 0.05) is 0 Å². The summed E-state index contributed by atoms with van der Waals surface area (Å²) in [6, 6.07) is 0. The molecule has 3 aromatic rings. The van der Waals surface area contributed by atoms with Crippen LogP contribution in [0.15, 0.2) is 22.0 Å². The van der Waals surface area contributed by atoms with E-state index in [2.05, 4.69) is 29.7 Å². The number of aromatic nitrogens is 5. The van der Waals surface area contributed by atoms with Crippen molar-refractivity contribution >= 4 is 51.8 Å². The Hall–Kier alpha value is -1.71. The number of ether oxygens (including phenoxy) is 1. The molecule has 0 saturated heterocycles. The molecule has 0 aliphatic rings. The number of H-pyrrole nitrogens is 1. The quantitative estimate of drug-likeness (QED) is 0.583. The first-order valence-corrected chi connectivity index (χ1v) is 7.26. The third-order valence-corrected chi connectivity index (χ3v) is 4.79. The molecule has 0 atom stereocenters. The Bertz CT molecular complexity index is 787. The van der Waals surface area contributed by atoms with Gasteiger partial charge >= 0.3 is 5.97 Å². The summed E-state index contributed by atoms with van der Waals surface area (Å²) >= 11 is 8.34. The minimum atomic E-state index is -0.506. The highest BCUT2D eigenvalue weighted by Gasteiger charge is 2.19. The summed E-state index contributed by atoms with van der Waals surface area (Å²) in [6.45, 7) is 0. The van der Waals surface area contributed by atoms with Gasteiger partial charge in [-0.1, -0.05) is 22.9 Å². The van der Waals surface area contributed by atoms with E-state index < -0.39 is 5.97 Å². The molecule has 0 radical (unpaired) electrons. The molecule has 0 saturated carbocycles. The van der Waals surface area contributed by atoms with Gasteiger partial charge in [-0.25, -0.2) is 24.7 Å². The van der Waals surface area contributed by atoms with Crippen molar-refractivity contribution in [2.45, 2.75) is 9.37 Å². The molecule has 0 amide bonds. The number of methoxy groups -OCH3 is 1. The van der Waals surface area contributed by atoms with Crippen LogP contribution in [0.3, 0.4) is 0 Å². The number of halogens is 1. The maximum Gasteiger partial charge on any atom is 0.351 e. The van der Waals surface area contributed by atoms with Crippen LogP contribution in [-0.2, 0) is 4.74 Å². The number of carbonyl (C=O) groups excluding carboxylic acids is 1. The van der Waals surface area contributed by atoms with Gasteiger partial charge in [-0.2, -0.15) is 0 Å². The number of nitrogens with zero attached hydrogens (tertiary/aromatic N) is 4. The van der Waals surface area contributed by atoms with Crippen molar-refractivity contribution in [1.82, 2.24) is 24.9 Å². The van der Waals surface area contributed by atoms with E-state index in [1.165, 1.54) is 31.5 Å². The number of carbonyl (C=O) groups is 1. The fourth-order valence-corrected chi connectivity index (χ4v) is 3.74. The number of nitrogens with one attached hydrogen (secondary N) is 1. The third-order valence-electron chi connectivity index (χ3n) is 2.31. The van der Waals surface area contributed by atoms with Crippen LogP contribution in [0.1, 0.15) is 9.67 Å². The molecule has 0 unspecified atom stereocenters. The zero-order valence-electron chi connectivity index (χ0n) is 9.95. The van der Waals surface area contributed by atoms with Gasteiger partial charge in [0.15, 0.2) is 20.0 Å². The van der Waals surface area contributed by atoms with Gasteiger partial charge in [0.05, 0.1) is 13.4 Å². The van der Waals surface area contributed by atoms with Gasteiger partial charge in [-0.05, 0) is 11.8 Å². The van der Waals surface area contributed by atoms with E-state index in [0.717, 1.165) is 11.3 Å². The van der Waals surface area contributed by atoms with E-state index in [4.69, 9.17) is 11.6 Å². The number of hydrogen-bond donors (Lipinski definition) is 1. The Balaban J connectivity index is 1.95. The second-order valence-electron chi connectivity index (χ2n) is 3.47. The molecule has 10 heteroatoms. The van der Waals surface area contributed by atoms with Gasteiger partial charge in [0.2, 0.25) is 0 Å². The Kier molecular flexibility index (Phi) is 3.55. The largest absolute Gasteiger partial charge is 0.465 e. The molecular weight excluding hydrogens is 322 g/mol. The van der Waals surface area contributed by atoms with E-state index >= 15 is 0 Å². The summed E-state index contributed by atoms with van der Waals surface area (Å²) < 4.78 is 5.22. The molecule has 7 nitrogen and oxygen atoms in total. The fourth-order valence-electron chi connectivity index (χ4n) is 1.45. The number of imidazole rings is 1. The van der Waals surface area contributed by atoms with Crippen molar-refractivity contribution in [3.8, 4) is 0 Å². The lowest BCUT2D eigenvalue weighted by atomic mass is 10.6. The summed E-state index contributed by atoms with van der Waals surface area (Å²) in [5.41, 5.74) is 1.28. The highest BCUT2D eigenvalue weighted by molar-refractivity contribution is 8.01. The highest BCUT2D eigenvalue weighted by Crippen LogP contribution is 2.35. The van der Waals surface area contributed by atoms with Crippen LogP contribution < -0.4 is 0 Å². The van der Waals surface area contributed by atoms with Crippen molar-refractivity contribution in [3.05, 3.63) is 22.7 Å². The van der Waals surface area contributed by atoms with Crippen molar-refractivity contribution < 1.29 is 9.53 Å². The Morgan fingerprint density at radius 2 is 2.30 bits per heavy atom. The van der Waals surface area contributed by atoms with Gasteiger partial charge in [-0.15, -0.1) is 0 Å². The number of hydrogen-bond acceptors (Lipinski definition) is 8. The number of aromatic amines is 1. The standard InChI is InChI=1S/C10H6ClN5O2S2/c1-18-9(17)5-6(11)16-10(19-5)20-8-4-7(13-2-12-4)14-3-15-8/h2-3H,1H3,(H,12,13,14,15). The first-order valence-electron chi connectivity index (χ1n) is 5.25. The second-order valence-corrected chi connectivity index (χ2v) is 6.07. The van der Waals surface area contributed by atoms with Gasteiger partial charge in [0.1, 0.15) is 16.9 Å². The maximum absolute atomic E-state index is 11.5. The maximum atomic E-state index is 11.5. The lowest BCUT2D eigenvalue weighted by Crippen LogP contribution is -1.98. The summed E-state index contributed by atoms with van der Waals surface area (Å²) in [5.74, 6) is -0.506. The number of rotatable bonds is 3. The first-order chi connectivity index (χ1) is 9.69. The molecule has 3 aromatic heterocycles. The van der Waals surface area contributed by atoms with Gasteiger partial charge in [-0.3, -0.25) is 0 Å². The molecule has 0 bridgehead atoms. The predicted octanol–water partition coefficient (Wildman–Crippen LogP) is 2.40. The van der Waals surface area contributed by atoms with Crippen LogP contribution in [0.2, 0.25) is 5.15 Å². The average Bonchev–Trinajstić information content (AvgIpc) is 3.05. The molecule has 0 spiro atoms. The molecule has 3 rings (SSSR count). The zero-order chi connectivity index (χ0) is 14.1. The molecule has 0 fully saturated rings. The van der Waals surface area contributed by atoms with Crippen molar-refractivity contribution in [3.63, 3.8) is 0 Å². The number of esters is 1. The predicted molar refractivity (Wildman–Crippen MR) is 74.3 cm³/mol. The SMILES string of the molecule is COC(=O)c1sc(Sc2ncnc3nc[nH]c23)nc1Cl. The minimum absolute atomic E-state index is 0.124. The molecule has 0 aliphatic heterocycles. The highest BCUT2D eigenvalue weighted by atomic mass is 35.5. The lowest BCUT2D eigenvalue weighted by Gasteiger charge is -1.96. The van der Waals surface area contributed by atoms with Crippen LogP contribution in [0.5, 0.6) is 0 Å². The van der Waals surface area contributed by atoms with E-state index in [1.807, 2.05) is 0 Å². The molecule has 0 aliphatic carbocycles. The van der Waals surface area contributed by atoms with Crippen LogP contribution in [0.25, 0.3) is 11.2 Å². The molecular formula is C10H6ClN5O2S2. The van der Waals surface area contributed by atoms with E-state index in [0.29, 0.717) is 20.5 Å². The topological polar surface area (TPSA) is 93.6 Å². The monoisotopic (exact) mass is 327 g/mol. The summed E-state index contributed by atoms with van der Waals surface area (Å²) in [7, 11) is 1.30. The molecule has 3 heterocycles. The molecule has 0 aromatic carbocycles. The van der Waals surface area contributed by atoms with Gasteiger partial charge < -0.3 is 9.72 Å². The fraction of sp³-hybridized carbons (Fsp3) is 0.100. The van der Waals surface area contributed by atoms with Crippen LogP contribution in [0, 0.1) is 0 Å². The number of fused-ring (bicyclic) bond motifs is 1. The summed E-state index contributed by atoms with van der Waals surface area (Å²) in [4.78, 5) is 31.1. The minimum Gasteiger partial charge on any atom is -0.465 e. The molecule has 102 valence electrons.